The van der Waals surface area contributed by atoms with Crippen LogP contribution in [0.15, 0.2) is 18.2 Å². The summed E-state index contributed by atoms with van der Waals surface area (Å²) in [5, 5.41) is 7.63. The van der Waals surface area contributed by atoms with Gasteiger partial charge in [-0.05, 0) is 31.0 Å². The van der Waals surface area contributed by atoms with E-state index in [1.807, 2.05) is 18.2 Å². The molecule has 1 saturated carbocycles. The van der Waals surface area contributed by atoms with Gasteiger partial charge in [0, 0.05) is 24.8 Å². The van der Waals surface area contributed by atoms with Crippen molar-refractivity contribution in [3.8, 4) is 5.75 Å². The molecule has 0 unspecified atom stereocenters. The number of rotatable bonds is 6. The second-order valence-corrected chi connectivity index (χ2v) is 5.47. The number of nitrogens with one attached hydrogen (secondary N) is 2. The Labute approximate surface area is 120 Å². The van der Waals surface area contributed by atoms with E-state index < -0.39 is 0 Å². The Hall–Kier alpha value is -0.930. The molecule has 4 heteroatoms. The lowest BCUT2D eigenvalue weighted by Gasteiger charge is -2.23. The van der Waals surface area contributed by atoms with Crippen LogP contribution in [-0.4, -0.2) is 26.2 Å². The predicted molar refractivity (Wildman–Crippen MR) is 81.4 cm³/mol. The molecule has 19 heavy (non-hydrogen) atoms. The number of halogens is 1. The molecule has 1 aromatic rings. The summed E-state index contributed by atoms with van der Waals surface area (Å²) >= 11 is 6.08. The molecule has 0 aromatic heterocycles. The quantitative estimate of drug-likeness (QED) is 0.781. The van der Waals surface area contributed by atoms with E-state index in [-0.39, 0.29) is 0 Å². The minimum atomic E-state index is 0.646. The lowest BCUT2D eigenvalue weighted by Crippen LogP contribution is -2.34. The minimum absolute atomic E-state index is 0.646. The zero-order valence-corrected chi connectivity index (χ0v) is 12.3. The fourth-order valence-electron chi connectivity index (χ4n) is 2.57. The van der Waals surface area contributed by atoms with E-state index in [0.29, 0.717) is 10.8 Å². The van der Waals surface area contributed by atoms with Crippen LogP contribution in [-0.2, 0) is 0 Å². The maximum Gasteiger partial charge on any atom is 0.137 e. The van der Waals surface area contributed by atoms with Crippen molar-refractivity contribution in [3.63, 3.8) is 0 Å². The monoisotopic (exact) mass is 282 g/mol. The molecule has 1 aliphatic carbocycles. The molecule has 2 N–H and O–H groups in total. The van der Waals surface area contributed by atoms with Gasteiger partial charge < -0.3 is 15.4 Å². The Kier molecular flexibility index (Phi) is 5.80. The highest BCUT2D eigenvalue weighted by atomic mass is 35.5. The van der Waals surface area contributed by atoms with Crippen molar-refractivity contribution < 1.29 is 4.74 Å². The summed E-state index contributed by atoms with van der Waals surface area (Å²) < 4.78 is 5.13. The van der Waals surface area contributed by atoms with Crippen molar-refractivity contribution in [2.24, 2.45) is 0 Å². The first-order valence-electron chi connectivity index (χ1n) is 7.10. The molecular formula is C15H23ClN2O. The van der Waals surface area contributed by atoms with Crippen molar-refractivity contribution in [1.82, 2.24) is 5.32 Å². The molecule has 0 atom stereocenters. The molecule has 2 rings (SSSR count). The first-order chi connectivity index (χ1) is 9.29. The van der Waals surface area contributed by atoms with Gasteiger partial charge in [0.2, 0.25) is 0 Å². The molecule has 1 aliphatic rings. The van der Waals surface area contributed by atoms with E-state index in [1.54, 1.807) is 7.11 Å². The van der Waals surface area contributed by atoms with Crippen molar-refractivity contribution in [2.45, 2.75) is 38.1 Å². The average molecular weight is 283 g/mol. The summed E-state index contributed by atoms with van der Waals surface area (Å²) in [4.78, 5) is 0. The molecule has 0 saturated heterocycles. The summed E-state index contributed by atoms with van der Waals surface area (Å²) in [6, 6.07) is 6.50. The molecular weight excluding hydrogens is 260 g/mol. The molecule has 0 radical (unpaired) electrons. The fourth-order valence-corrected chi connectivity index (χ4v) is 2.82. The zero-order valence-electron chi connectivity index (χ0n) is 11.5. The highest BCUT2D eigenvalue weighted by Crippen LogP contribution is 2.27. The highest BCUT2D eigenvalue weighted by molar-refractivity contribution is 6.32. The third-order valence-electron chi connectivity index (χ3n) is 3.64. The molecule has 0 amide bonds. The average Bonchev–Trinajstić information content (AvgIpc) is 2.45. The maximum absolute atomic E-state index is 6.08. The van der Waals surface area contributed by atoms with E-state index in [2.05, 4.69) is 10.6 Å². The summed E-state index contributed by atoms with van der Waals surface area (Å²) in [6.07, 6.45) is 6.81. The fraction of sp³-hybridized carbons (Fsp3) is 0.600. The number of benzene rings is 1. The van der Waals surface area contributed by atoms with Gasteiger partial charge in [0.1, 0.15) is 5.75 Å². The molecule has 0 spiro atoms. The Balaban J connectivity index is 1.69. The van der Waals surface area contributed by atoms with Crippen LogP contribution in [0.25, 0.3) is 0 Å². The van der Waals surface area contributed by atoms with Crippen LogP contribution in [0.5, 0.6) is 5.75 Å². The lowest BCUT2D eigenvalue weighted by molar-refractivity contribution is 0.378. The SMILES string of the molecule is COc1ccc(NCCNC2CCCCC2)cc1Cl. The normalized spacial score (nSPS) is 16.3. The summed E-state index contributed by atoms with van der Waals surface area (Å²) in [6.45, 7) is 1.91. The van der Waals surface area contributed by atoms with Crippen LogP contribution in [0.4, 0.5) is 5.69 Å². The second kappa shape index (κ2) is 7.61. The van der Waals surface area contributed by atoms with Crippen molar-refractivity contribution >= 4 is 17.3 Å². The molecule has 106 valence electrons. The van der Waals surface area contributed by atoms with Crippen LogP contribution in [0, 0.1) is 0 Å². The highest BCUT2D eigenvalue weighted by Gasteiger charge is 2.11. The van der Waals surface area contributed by atoms with Crippen LogP contribution in [0.1, 0.15) is 32.1 Å². The van der Waals surface area contributed by atoms with Crippen molar-refractivity contribution in [3.05, 3.63) is 23.2 Å². The number of anilines is 1. The van der Waals surface area contributed by atoms with Gasteiger partial charge in [-0.3, -0.25) is 0 Å². The largest absolute Gasteiger partial charge is 0.495 e. The molecule has 0 bridgehead atoms. The van der Waals surface area contributed by atoms with Crippen LogP contribution in [0.2, 0.25) is 5.02 Å². The van der Waals surface area contributed by atoms with Crippen LogP contribution >= 0.6 is 11.6 Å². The molecule has 0 heterocycles. The number of ether oxygens (including phenoxy) is 1. The minimum Gasteiger partial charge on any atom is -0.495 e. The molecule has 1 fully saturated rings. The van der Waals surface area contributed by atoms with E-state index in [9.17, 15) is 0 Å². The van der Waals surface area contributed by atoms with E-state index >= 15 is 0 Å². The Morgan fingerprint density at radius 1 is 1.21 bits per heavy atom. The predicted octanol–water partition coefficient (Wildman–Crippen LogP) is 3.68. The van der Waals surface area contributed by atoms with E-state index in [1.165, 1.54) is 32.1 Å². The first kappa shape index (κ1) is 14.5. The Morgan fingerprint density at radius 3 is 2.68 bits per heavy atom. The van der Waals surface area contributed by atoms with Crippen molar-refractivity contribution in [1.29, 1.82) is 0 Å². The van der Waals surface area contributed by atoms with Gasteiger partial charge in [0.25, 0.3) is 0 Å². The smallest absolute Gasteiger partial charge is 0.137 e. The van der Waals surface area contributed by atoms with Crippen LogP contribution < -0.4 is 15.4 Å². The maximum atomic E-state index is 6.08. The van der Waals surface area contributed by atoms with Gasteiger partial charge in [-0.15, -0.1) is 0 Å². The number of methoxy groups -OCH3 is 1. The van der Waals surface area contributed by atoms with Crippen molar-refractivity contribution in [2.75, 3.05) is 25.5 Å². The van der Waals surface area contributed by atoms with E-state index in [4.69, 9.17) is 16.3 Å². The van der Waals surface area contributed by atoms with Gasteiger partial charge in [0.15, 0.2) is 0 Å². The van der Waals surface area contributed by atoms with Crippen LogP contribution in [0.3, 0.4) is 0 Å². The third kappa shape index (κ3) is 4.59. The molecule has 3 nitrogen and oxygen atoms in total. The molecule has 0 aliphatic heterocycles. The summed E-state index contributed by atoms with van der Waals surface area (Å²) in [5.74, 6) is 0.715. The van der Waals surface area contributed by atoms with E-state index in [0.717, 1.165) is 24.8 Å². The Morgan fingerprint density at radius 2 is 2.00 bits per heavy atom. The number of hydrogen-bond acceptors (Lipinski definition) is 3. The van der Waals surface area contributed by atoms with Gasteiger partial charge in [-0.25, -0.2) is 0 Å². The molecule has 1 aromatic carbocycles. The van der Waals surface area contributed by atoms with Gasteiger partial charge in [-0.1, -0.05) is 30.9 Å². The standard InChI is InChI=1S/C15H23ClN2O/c1-19-15-8-7-13(11-14(15)16)18-10-9-17-12-5-3-2-4-6-12/h7-8,11-12,17-18H,2-6,9-10H2,1H3. The second-order valence-electron chi connectivity index (χ2n) is 5.07. The van der Waals surface area contributed by atoms with Gasteiger partial charge in [0.05, 0.1) is 12.1 Å². The third-order valence-corrected chi connectivity index (χ3v) is 3.94. The van der Waals surface area contributed by atoms with Gasteiger partial charge in [-0.2, -0.15) is 0 Å². The summed E-state index contributed by atoms with van der Waals surface area (Å²) in [5.41, 5.74) is 1.04. The zero-order chi connectivity index (χ0) is 13.5. The topological polar surface area (TPSA) is 33.3 Å². The Bertz CT molecular complexity index is 392. The lowest BCUT2D eigenvalue weighted by atomic mass is 9.95. The number of hydrogen-bond donors (Lipinski definition) is 2. The first-order valence-corrected chi connectivity index (χ1v) is 7.48. The summed E-state index contributed by atoms with van der Waals surface area (Å²) in [7, 11) is 1.63. The van der Waals surface area contributed by atoms with Gasteiger partial charge >= 0.3 is 0 Å².